The highest BCUT2D eigenvalue weighted by Crippen LogP contribution is 2.16. The third kappa shape index (κ3) is 4.44. The van der Waals surface area contributed by atoms with Gasteiger partial charge in [-0.1, -0.05) is 19.8 Å². The van der Waals surface area contributed by atoms with Crippen molar-refractivity contribution >= 4 is 7.32 Å². The Labute approximate surface area is 87.3 Å². The molecule has 0 aromatic heterocycles. The van der Waals surface area contributed by atoms with Gasteiger partial charge in [0.2, 0.25) is 0 Å². The molecule has 0 amide bonds. The molecule has 0 aliphatic carbocycles. The van der Waals surface area contributed by atoms with Crippen LogP contribution in [0.25, 0.3) is 0 Å². The van der Waals surface area contributed by atoms with Gasteiger partial charge in [-0.15, -0.1) is 0 Å². The summed E-state index contributed by atoms with van der Waals surface area (Å²) in [5, 5.41) is 0. The van der Waals surface area contributed by atoms with Crippen molar-refractivity contribution in [3.63, 3.8) is 0 Å². The molecule has 0 bridgehead atoms. The predicted octanol–water partition coefficient (Wildman–Crippen LogP) is 2.39. The lowest BCUT2D eigenvalue weighted by Gasteiger charge is -2.29. The van der Waals surface area contributed by atoms with Gasteiger partial charge in [0, 0.05) is 18.8 Å². The van der Waals surface area contributed by atoms with E-state index in [1.807, 2.05) is 0 Å². The van der Waals surface area contributed by atoms with Gasteiger partial charge in [0.05, 0.1) is 0 Å². The van der Waals surface area contributed by atoms with E-state index in [9.17, 15) is 0 Å². The van der Waals surface area contributed by atoms with Crippen LogP contribution in [0.2, 0.25) is 0 Å². The van der Waals surface area contributed by atoms with E-state index in [-0.39, 0.29) is 12.2 Å². The Morgan fingerprint density at radius 3 is 2.43 bits per heavy atom. The second-order valence-corrected chi connectivity index (χ2v) is 4.00. The second kappa shape index (κ2) is 6.43. The lowest BCUT2D eigenvalue weighted by atomic mass is 10.1. The second-order valence-electron chi connectivity index (χ2n) is 4.00. The van der Waals surface area contributed by atoms with Gasteiger partial charge < -0.3 is 14.0 Å². The molecule has 1 aliphatic heterocycles. The smallest absolute Gasteiger partial charge is 0.386 e. The van der Waals surface area contributed by atoms with E-state index >= 15 is 0 Å². The monoisotopic (exact) mass is 200 g/mol. The summed E-state index contributed by atoms with van der Waals surface area (Å²) in [6.45, 7) is 7.03. The summed E-state index contributed by atoms with van der Waals surface area (Å²) in [6, 6.07) is 0. The number of unbranched alkanes of at least 4 members (excludes halogenated alkanes) is 2. The van der Waals surface area contributed by atoms with Crippen LogP contribution in [0.1, 0.15) is 46.5 Å². The van der Waals surface area contributed by atoms with Crippen LogP contribution in [0.4, 0.5) is 0 Å². The van der Waals surface area contributed by atoms with Crippen molar-refractivity contribution in [3.05, 3.63) is 0 Å². The van der Waals surface area contributed by atoms with Gasteiger partial charge in [0.25, 0.3) is 0 Å². The topological polar surface area (TPSA) is 27.7 Å². The summed E-state index contributed by atoms with van der Waals surface area (Å²) < 4.78 is 16.5. The fourth-order valence-corrected chi connectivity index (χ4v) is 1.60. The van der Waals surface area contributed by atoms with E-state index in [1.54, 1.807) is 0 Å². The van der Waals surface area contributed by atoms with E-state index in [0.717, 1.165) is 19.4 Å². The highest BCUT2D eigenvalue weighted by atomic mass is 16.7. The SMILES string of the molecule is CCCCCOB1OC(C)CC(C)O1. The van der Waals surface area contributed by atoms with Crippen LogP contribution in [0, 0.1) is 0 Å². The number of hydrogen-bond acceptors (Lipinski definition) is 3. The minimum atomic E-state index is -0.439. The minimum Gasteiger partial charge on any atom is -0.386 e. The first-order chi connectivity index (χ1) is 6.72. The van der Waals surface area contributed by atoms with Crippen molar-refractivity contribution in [1.82, 2.24) is 0 Å². The summed E-state index contributed by atoms with van der Waals surface area (Å²) >= 11 is 0. The zero-order valence-electron chi connectivity index (χ0n) is 9.49. The molecule has 14 heavy (non-hydrogen) atoms. The molecule has 2 unspecified atom stereocenters. The molecule has 2 atom stereocenters. The highest BCUT2D eigenvalue weighted by molar-refractivity contribution is 6.36. The quantitative estimate of drug-likeness (QED) is 0.503. The molecule has 3 nitrogen and oxygen atoms in total. The first kappa shape index (κ1) is 12.0. The van der Waals surface area contributed by atoms with E-state index in [0.29, 0.717) is 0 Å². The Bertz CT molecular complexity index is 144. The molecule has 0 radical (unpaired) electrons. The van der Waals surface area contributed by atoms with E-state index in [1.165, 1.54) is 12.8 Å². The van der Waals surface area contributed by atoms with Crippen LogP contribution in [0.15, 0.2) is 0 Å². The summed E-state index contributed by atoms with van der Waals surface area (Å²) in [5.41, 5.74) is 0. The van der Waals surface area contributed by atoms with Gasteiger partial charge in [-0.25, -0.2) is 0 Å². The Hall–Kier alpha value is -0.0551. The molecule has 1 aliphatic rings. The normalized spacial score (nSPS) is 28.1. The molecule has 82 valence electrons. The standard InChI is InChI=1S/C10H21BO3/c1-4-5-6-7-12-11-13-9(2)8-10(3)14-11/h9-10H,4-8H2,1-3H3. The Kier molecular flexibility index (Phi) is 5.52. The third-order valence-corrected chi connectivity index (χ3v) is 2.35. The van der Waals surface area contributed by atoms with Gasteiger partial charge in [0.1, 0.15) is 0 Å². The first-order valence-electron chi connectivity index (χ1n) is 5.65. The third-order valence-electron chi connectivity index (χ3n) is 2.35. The maximum atomic E-state index is 5.49. The zero-order chi connectivity index (χ0) is 10.4. The van der Waals surface area contributed by atoms with Crippen molar-refractivity contribution in [2.75, 3.05) is 6.61 Å². The Morgan fingerprint density at radius 1 is 1.21 bits per heavy atom. The molecule has 1 fully saturated rings. The van der Waals surface area contributed by atoms with Crippen molar-refractivity contribution in [1.29, 1.82) is 0 Å². The molecule has 0 saturated carbocycles. The van der Waals surface area contributed by atoms with Crippen molar-refractivity contribution in [2.45, 2.75) is 58.7 Å². The van der Waals surface area contributed by atoms with Crippen LogP contribution < -0.4 is 0 Å². The molecular weight excluding hydrogens is 179 g/mol. The van der Waals surface area contributed by atoms with Gasteiger partial charge in [0.15, 0.2) is 0 Å². The minimum absolute atomic E-state index is 0.245. The van der Waals surface area contributed by atoms with Crippen molar-refractivity contribution in [3.8, 4) is 0 Å². The Balaban J connectivity index is 2.10. The molecule has 0 aromatic rings. The highest BCUT2D eigenvalue weighted by Gasteiger charge is 2.32. The summed E-state index contributed by atoms with van der Waals surface area (Å²) in [4.78, 5) is 0. The average Bonchev–Trinajstić information content (AvgIpc) is 2.11. The number of rotatable bonds is 5. The molecule has 4 heteroatoms. The first-order valence-corrected chi connectivity index (χ1v) is 5.65. The van der Waals surface area contributed by atoms with E-state index in [4.69, 9.17) is 14.0 Å². The van der Waals surface area contributed by atoms with Gasteiger partial charge in [-0.05, 0) is 26.7 Å². The maximum Gasteiger partial charge on any atom is 0.639 e. The van der Waals surface area contributed by atoms with Crippen LogP contribution in [-0.4, -0.2) is 26.1 Å². The number of hydrogen-bond donors (Lipinski definition) is 0. The predicted molar refractivity (Wildman–Crippen MR) is 56.9 cm³/mol. The van der Waals surface area contributed by atoms with E-state index in [2.05, 4.69) is 20.8 Å². The molecule has 0 aromatic carbocycles. The largest absolute Gasteiger partial charge is 0.639 e. The van der Waals surface area contributed by atoms with Crippen LogP contribution in [-0.2, 0) is 14.0 Å². The fourth-order valence-electron chi connectivity index (χ4n) is 1.60. The van der Waals surface area contributed by atoms with Crippen LogP contribution >= 0.6 is 0 Å². The molecule has 1 saturated heterocycles. The van der Waals surface area contributed by atoms with Gasteiger partial charge in [-0.2, -0.15) is 0 Å². The molecule has 0 spiro atoms. The van der Waals surface area contributed by atoms with Crippen LogP contribution in [0.3, 0.4) is 0 Å². The Morgan fingerprint density at radius 2 is 1.86 bits per heavy atom. The lowest BCUT2D eigenvalue weighted by Crippen LogP contribution is -2.41. The molecule has 0 N–H and O–H groups in total. The van der Waals surface area contributed by atoms with Crippen molar-refractivity contribution < 1.29 is 14.0 Å². The molecule has 1 heterocycles. The van der Waals surface area contributed by atoms with Crippen molar-refractivity contribution in [2.24, 2.45) is 0 Å². The average molecular weight is 200 g/mol. The fraction of sp³-hybridized carbons (Fsp3) is 1.00. The summed E-state index contributed by atoms with van der Waals surface area (Å²) in [6.07, 6.45) is 4.95. The van der Waals surface area contributed by atoms with Gasteiger partial charge in [-0.3, -0.25) is 0 Å². The summed E-state index contributed by atoms with van der Waals surface area (Å²) in [7, 11) is -0.439. The lowest BCUT2D eigenvalue weighted by molar-refractivity contribution is -0.0199. The molecule has 1 rings (SSSR count). The van der Waals surface area contributed by atoms with Crippen LogP contribution in [0.5, 0.6) is 0 Å². The van der Waals surface area contributed by atoms with E-state index < -0.39 is 7.32 Å². The summed E-state index contributed by atoms with van der Waals surface area (Å²) in [5.74, 6) is 0. The maximum absolute atomic E-state index is 5.49. The van der Waals surface area contributed by atoms with Gasteiger partial charge >= 0.3 is 7.32 Å². The zero-order valence-corrected chi connectivity index (χ0v) is 9.49. The molecular formula is C10H21BO3.